The second kappa shape index (κ2) is 13.2. The zero-order valence-electron chi connectivity index (χ0n) is 31.7. The fourth-order valence-electron chi connectivity index (χ4n) is 9.23. The van der Waals surface area contributed by atoms with Crippen LogP contribution in [0.25, 0.3) is 60.9 Å². The summed E-state index contributed by atoms with van der Waals surface area (Å²) in [6.07, 6.45) is 9.01. The molecule has 0 bridgehead atoms. The molecule has 0 aliphatic heterocycles. The maximum absolute atomic E-state index is 2.55. The molecule has 1 heterocycles. The second-order valence-electron chi connectivity index (χ2n) is 15.5. The van der Waals surface area contributed by atoms with Gasteiger partial charge in [-0.25, -0.2) is 0 Å². The summed E-state index contributed by atoms with van der Waals surface area (Å²) >= 11 is 0. The van der Waals surface area contributed by atoms with Crippen LogP contribution in [0.3, 0.4) is 0 Å². The van der Waals surface area contributed by atoms with Crippen molar-refractivity contribution in [3.63, 3.8) is 0 Å². The van der Waals surface area contributed by atoms with E-state index in [1.54, 1.807) is 0 Å². The van der Waals surface area contributed by atoms with Gasteiger partial charge < -0.3 is 9.47 Å². The van der Waals surface area contributed by atoms with E-state index in [-0.39, 0.29) is 11.5 Å². The predicted octanol–water partition coefficient (Wildman–Crippen LogP) is 14.2. The van der Waals surface area contributed by atoms with Crippen LogP contribution >= 0.6 is 0 Å². The predicted molar refractivity (Wildman–Crippen MR) is 234 cm³/mol. The molecule has 8 aromatic rings. The summed E-state index contributed by atoms with van der Waals surface area (Å²) in [5, 5.41) is 2.58. The molecule has 2 nitrogen and oxygen atoms in total. The van der Waals surface area contributed by atoms with E-state index in [1.165, 1.54) is 88.9 Å². The van der Waals surface area contributed by atoms with Crippen molar-refractivity contribution in [3.05, 3.63) is 199 Å². The van der Waals surface area contributed by atoms with Gasteiger partial charge in [-0.15, -0.1) is 0 Å². The lowest BCUT2D eigenvalue weighted by molar-refractivity contribution is 0.564. The van der Waals surface area contributed by atoms with Crippen molar-refractivity contribution < 1.29 is 0 Å². The van der Waals surface area contributed by atoms with Gasteiger partial charge in [-0.2, -0.15) is 0 Å². The molecule has 2 aliphatic carbocycles. The molecule has 2 atom stereocenters. The molecule has 1 aromatic heterocycles. The summed E-state index contributed by atoms with van der Waals surface area (Å²) in [5.74, 6) is 0. The van der Waals surface area contributed by atoms with Crippen molar-refractivity contribution in [2.75, 3.05) is 4.90 Å². The highest BCUT2D eigenvalue weighted by Gasteiger charge is 2.39. The van der Waals surface area contributed by atoms with E-state index in [0.29, 0.717) is 0 Å². The number of para-hydroxylation sites is 2. The Labute approximate surface area is 324 Å². The number of benzene rings is 7. The summed E-state index contributed by atoms with van der Waals surface area (Å²) in [7, 11) is 0. The summed E-state index contributed by atoms with van der Waals surface area (Å²) in [6.45, 7) is 6.99. The largest absolute Gasteiger partial charge is 0.334 e. The number of fused-ring (bicyclic) bond motifs is 6. The van der Waals surface area contributed by atoms with Gasteiger partial charge in [-0.05, 0) is 119 Å². The lowest BCUT2D eigenvalue weighted by atomic mass is 9.77. The van der Waals surface area contributed by atoms with Gasteiger partial charge in [-0.1, -0.05) is 147 Å². The molecule has 10 rings (SSSR count). The molecule has 2 aliphatic rings. The smallest absolute Gasteiger partial charge is 0.0560 e. The summed E-state index contributed by atoms with van der Waals surface area (Å²) < 4.78 is 2.45. The van der Waals surface area contributed by atoms with Crippen LogP contribution in [0.15, 0.2) is 188 Å². The molecule has 0 saturated carbocycles. The number of nitrogens with zero attached hydrogens (tertiary/aromatic N) is 2. The third kappa shape index (κ3) is 5.47. The summed E-state index contributed by atoms with van der Waals surface area (Å²) in [4.78, 5) is 2.55. The number of rotatable bonds is 7. The van der Waals surface area contributed by atoms with Gasteiger partial charge in [0.15, 0.2) is 0 Å². The molecule has 7 aromatic carbocycles. The summed E-state index contributed by atoms with van der Waals surface area (Å²) in [5.41, 5.74) is 17.8. The minimum absolute atomic E-state index is 0.131. The Hall–Kier alpha value is -6.38. The number of anilines is 2. The first-order valence-corrected chi connectivity index (χ1v) is 19.7. The quantitative estimate of drug-likeness (QED) is 0.160. The lowest BCUT2D eigenvalue weighted by Gasteiger charge is -2.34. The lowest BCUT2D eigenvalue weighted by Crippen LogP contribution is -2.30. The minimum Gasteiger partial charge on any atom is -0.334 e. The zero-order valence-corrected chi connectivity index (χ0v) is 31.7. The molecule has 0 fully saturated rings. The molecule has 0 spiro atoms. The van der Waals surface area contributed by atoms with Gasteiger partial charge in [0.2, 0.25) is 0 Å². The van der Waals surface area contributed by atoms with Crippen LogP contribution in [0.1, 0.15) is 44.7 Å². The molecule has 0 amide bonds. The highest BCUT2D eigenvalue weighted by Crippen LogP contribution is 2.53. The number of aromatic nitrogens is 1. The van der Waals surface area contributed by atoms with Crippen LogP contribution < -0.4 is 4.90 Å². The maximum atomic E-state index is 2.55. The van der Waals surface area contributed by atoms with Gasteiger partial charge in [0, 0.05) is 33.2 Å². The Morgan fingerprint density at radius 1 is 0.582 bits per heavy atom. The van der Waals surface area contributed by atoms with Crippen LogP contribution in [0.5, 0.6) is 0 Å². The maximum Gasteiger partial charge on any atom is 0.0560 e. The van der Waals surface area contributed by atoms with E-state index in [1.807, 2.05) is 0 Å². The standard InChI is InChI=1S/C53H44N2/c1-4-53(3)49-34-43(29-31-45(49)46-32-30-44(35-50(46)53)55-51-19-10-8-17-47(51)48-18-9-11-20-52(48)55)54(41-25-21-36(2)22-26-41)42-27-23-38(24-28-42)40-16-12-15-39(33-40)37-13-6-5-7-14-37/h5-25,27-35,41H,4,26H2,1-3H3. The van der Waals surface area contributed by atoms with Crippen molar-refractivity contribution >= 4 is 33.2 Å². The average molecular weight is 709 g/mol. The van der Waals surface area contributed by atoms with Crippen molar-refractivity contribution in [2.45, 2.75) is 45.1 Å². The van der Waals surface area contributed by atoms with E-state index in [0.717, 1.165) is 12.8 Å². The van der Waals surface area contributed by atoms with Crippen LogP contribution in [0.4, 0.5) is 11.4 Å². The van der Waals surface area contributed by atoms with E-state index in [9.17, 15) is 0 Å². The van der Waals surface area contributed by atoms with E-state index in [4.69, 9.17) is 0 Å². The first kappa shape index (κ1) is 33.2. The first-order valence-electron chi connectivity index (χ1n) is 19.7. The Bertz CT molecular complexity index is 2750. The van der Waals surface area contributed by atoms with Crippen LogP contribution in [-0.4, -0.2) is 10.6 Å². The van der Waals surface area contributed by atoms with Crippen LogP contribution in [-0.2, 0) is 5.41 Å². The molecular formula is C53H44N2. The molecular weight excluding hydrogens is 665 g/mol. The highest BCUT2D eigenvalue weighted by atomic mass is 15.2. The Balaban J connectivity index is 1.05. The van der Waals surface area contributed by atoms with Gasteiger partial charge in [0.1, 0.15) is 0 Å². The summed E-state index contributed by atoms with van der Waals surface area (Å²) in [6, 6.07) is 60.9. The van der Waals surface area contributed by atoms with E-state index >= 15 is 0 Å². The molecule has 2 heteroatoms. The van der Waals surface area contributed by atoms with Crippen molar-refractivity contribution in [1.29, 1.82) is 0 Å². The number of allylic oxidation sites excluding steroid dienone is 2. The molecule has 266 valence electrons. The van der Waals surface area contributed by atoms with Crippen molar-refractivity contribution in [3.8, 4) is 39.1 Å². The van der Waals surface area contributed by atoms with Crippen LogP contribution in [0, 0.1) is 0 Å². The Kier molecular flexibility index (Phi) is 7.96. The highest BCUT2D eigenvalue weighted by molar-refractivity contribution is 6.09. The Morgan fingerprint density at radius 3 is 1.82 bits per heavy atom. The first-order chi connectivity index (χ1) is 27.0. The van der Waals surface area contributed by atoms with Crippen molar-refractivity contribution in [2.24, 2.45) is 0 Å². The van der Waals surface area contributed by atoms with Gasteiger partial charge >= 0.3 is 0 Å². The normalized spacial score (nSPS) is 17.3. The molecule has 55 heavy (non-hydrogen) atoms. The van der Waals surface area contributed by atoms with Gasteiger partial charge in [0.05, 0.1) is 17.1 Å². The number of hydrogen-bond acceptors (Lipinski definition) is 1. The average Bonchev–Trinajstić information content (AvgIpc) is 3.71. The fraction of sp³-hybridized carbons (Fsp3) is 0.132. The van der Waals surface area contributed by atoms with E-state index in [2.05, 4.69) is 212 Å². The fourth-order valence-corrected chi connectivity index (χ4v) is 9.23. The third-order valence-corrected chi connectivity index (χ3v) is 12.4. The van der Waals surface area contributed by atoms with E-state index < -0.39 is 0 Å². The molecule has 0 saturated heterocycles. The minimum atomic E-state index is -0.131. The van der Waals surface area contributed by atoms with Gasteiger partial charge in [0.25, 0.3) is 0 Å². The van der Waals surface area contributed by atoms with Gasteiger partial charge in [-0.3, -0.25) is 0 Å². The third-order valence-electron chi connectivity index (χ3n) is 12.4. The van der Waals surface area contributed by atoms with Crippen molar-refractivity contribution in [1.82, 2.24) is 4.57 Å². The molecule has 2 unspecified atom stereocenters. The second-order valence-corrected chi connectivity index (χ2v) is 15.5. The molecule has 0 radical (unpaired) electrons. The molecule has 0 N–H and O–H groups in total. The van der Waals surface area contributed by atoms with Crippen LogP contribution in [0.2, 0.25) is 0 Å². The SMILES string of the molecule is CCC1(C)c2cc(N(c3ccc(-c4cccc(-c5ccccc5)c4)cc3)C3C=CC(C)=CC3)ccc2-c2ccc(-n3c4ccccc4c4ccccc43)cc21. The zero-order chi connectivity index (χ0) is 37.1. The number of hydrogen-bond donors (Lipinski definition) is 0. The monoisotopic (exact) mass is 708 g/mol. The topological polar surface area (TPSA) is 8.17 Å². The Morgan fingerprint density at radius 2 is 1.16 bits per heavy atom.